The standard InChI is InChI=1S/C27H28N2O2/c30-18-19-31-26-15-5-13-24-21(10-4-14-25(24)26)11-7-17-29-27(22-8-2-1-3-9-22)23-12-6-16-28-20-23/h1-3,6,8-10,12-13,16,18,20H,4-5,7,11,14-15,17,19H2. The molecule has 2 aromatic rings. The first-order valence-electron chi connectivity index (χ1n) is 11.1. The van der Waals surface area contributed by atoms with Crippen LogP contribution in [0.25, 0.3) is 0 Å². The molecule has 1 heterocycles. The molecule has 0 unspecified atom stereocenters. The molecule has 1 aromatic carbocycles. The molecule has 0 aliphatic heterocycles. The normalized spacial score (nSPS) is 16.3. The Morgan fingerprint density at radius 3 is 2.68 bits per heavy atom. The van der Waals surface area contributed by atoms with Crippen LogP contribution in [0.1, 0.15) is 49.7 Å². The zero-order valence-electron chi connectivity index (χ0n) is 17.8. The van der Waals surface area contributed by atoms with Gasteiger partial charge in [-0.25, -0.2) is 0 Å². The average Bonchev–Trinajstić information content (AvgIpc) is 2.84. The lowest BCUT2D eigenvalue weighted by Gasteiger charge is -2.27. The summed E-state index contributed by atoms with van der Waals surface area (Å²) in [5, 5.41) is 0. The highest BCUT2D eigenvalue weighted by Crippen LogP contribution is 2.38. The first-order valence-corrected chi connectivity index (χ1v) is 11.1. The molecule has 0 amide bonds. The molecule has 0 bridgehead atoms. The van der Waals surface area contributed by atoms with Gasteiger partial charge in [0.25, 0.3) is 0 Å². The van der Waals surface area contributed by atoms with E-state index < -0.39 is 0 Å². The van der Waals surface area contributed by atoms with Gasteiger partial charge in [-0.3, -0.25) is 14.8 Å². The second-order valence-corrected chi connectivity index (χ2v) is 7.75. The first kappa shape index (κ1) is 21.0. The molecule has 4 rings (SSSR count). The second-order valence-electron chi connectivity index (χ2n) is 7.75. The predicted octanol–water partition coefficient (Wildman–Crippen LogP) is 5.61. The topological polar surface area (TPSA) is 51.5 Å². The highest BCUT2D eigenvalue weighted by Gasteiger charge is 2.22. The lowest BCUT2D eigenvalue weighted by atomic mass is 9.82. The highest BCUT2D eigenvalue weighted by atomic mass is 16.5. The molecular formula is C27H28N2O2. The van der Waals surface area contributed by atoms with Crippen LogP contribution in [0.15, 0.2) is 94.5 Å². The van der Waals surface area contributed by atoms with Crippen LogP contribution in [0.4, 0.5) is 0 Å². The van der Waals surface area contributed by atoms with E-state index in [2.05, 4.69) is 35.3 Å². The lowest BCUT2D eigenvalue weighted by Crippen LogP contribution is -2.11. The van der Waals surface area contributed by atoms with E-state index in [0.29, 0.717) is 0 Å². The molecule has 2 aliphatic carbocycles. The summed E-state index contributed by atoms with van der Waals surface area (Å²) in [4.78, 5) is 19.9. The van der Waals surface area contributed by atoms with Crippen LogP contribution < -0.4 is 0 Å². The van der Waals surface area contributed by atoms with Crippen molar-refractivity contribution in [1.29, 1.82) is 0 Å². The number of aldehydes is 1. The first-order chi connectivity index (χ1) is 15.4. The molecule has 31 heavy (non-hydrogen) atoms. The number of ether oxygens (including phenoxy) is 1. The number of hydrogen-bond acceptors (Lipinski definition) is 4. The molecule has 158 valence electrons. The zero-order chi connectivity index (χ0) is 21.3. The number of carbonyl (C=O) groups excluding carboxylic acids is 1. The van der Waals surface area contributed by atoms with Gasteiger partial charge >= 0.3 is 0 Å². The molecule has 0 atom stereocenters. The van der Waals surface area contributed by atoms with Gasteiger partial charge in [0.1, 0.15) is 12.4 Å². The number of allylic oxidation sites excluding steroid dienone is 6. The predicted molar refractivity (Wildman–Crippen MR) is 124 cm³/mol. The van der Waals surface area contributed by atoms with Crippen molar-refractivity contribution in [3.05, 3.63) is 101 Å². The number of nitrogens with zero attached hydrogens (tertiary/aromatic N) is 2. The second kappa shape index (κ2) is 10.7. The quantitative estimate of drug-likeness (QED) is 0.306. The van der Waals surface area contributed by atoms with E-state index in [1.807, 2.05) is 30.5 Å². The minimum Gasteiger partial charge on any atom is -0.490 e. The van der Waals surface area contributed by atoms with Crippen LogP contribution in [-0.4, -0.2) is 30.1 Å². The van der Waals surface area contributed by atoms with Crippen molar-refractivity contribution < 1.29 is 9.53 Å². The van der Waals surface area contributed by atoms with Crippen LogP contribution in [0, 0.1) is 0 Å². The minimum atomic E-state index is 0.149. The molecular weight excluding hydrogens is 384 g/mol. The molecule has 2 aliphatic rings. The Morgan fingerprint density at radius 2 is 1.87 bits per heavy atom. The Bertz CT molecular complexity index is 976. The molecule has 0 radical (unpaired) electrons. The maximum atomic E-state index is 10.7. The van der Waals surface area contributed by atoms with Crippen LogP contribution in [-0.2, 0) is 9.53 Å². The summed E-state index contributed by atoms with van der Waals surface area (Å²) < 4.78 is 5.72. The Labute approximate surface area is 184 Å². The van der Waals surface area contributed by atoms with Gasteiger partial charge in [0.05, 0.1) is 5.71 Å². The molecule has 0 saturated carbocycles. The van der Waals surface area contributed by atoms with E-state index in [0.717, 1.165) is 74.0 Å². The maximum absolute atomic E-state index is 10.7. The molecule has 0 N–H and O–H groups in total. The number of benzene rings is 1. The van der Waals surface area contributed by atoms with E-state index >= 15 is 0 Å². The van der Waals surface area contributed by atoms with E-state index in [-0.39, 0.29) is 6.61 Å². The summed E-state index contributed by atoms with van der Waals surface area (Å²) in [6.45, 7) is 0.910. The van der Waals surface area contributed by atoms with Gasteiger partial charge in [-0.05, 0) is 61.0 Å². The largest absolute Gasteiger partial charge is 0.490 e. The summed E-state index contributed by atoms with van der Waals surface area (Å²) in [5.41, 5.74) is 7.18. The SMILES string of the molecule is O=CCOC1=C2CCC=C(CCCN=C(c3ccccc3)c3cccnc3)C2=CCC1. The van der Waals surface area contributed by atoms with E-state index in [4.69, 9.17) is 9.73 Å². The maximum Gasteiger partial charge on any atom is 0.157 e. The monoisotopic (exact) mass is 412 g/mol. The van der Waals surface area contributed by atoms with E-state index in [1.54, 1.807) is 6.20 Å². The van der Waals surface area contributed by atoms with Crippen LogP contribution in [0.2, 0.25) is 0 Å². The smallest absolute Gasteiger partial charge is 0.157 e. The Balaban J connectivity index is 1.45. The Kier molecular flexibility index (Phi) is 7.22. The van der Waals surface area contributed by atoms with Gasteiger partial charge in [0.15, 0.2) is 6.29 Å². The molecule has 4 nitrogen and oxygen atoms in total. The molecule has 0 spiro atoms. The number of aliphatic imine (C=N–C) groups is 1. The fourth-order valence-corrected chi connectivity index (χ4v) is 4.31. The number of rotatable bonds is 9. The van der Waals surface area contributed by atoms with Crippen molar-refractivity contribution in [3.63, 3.8) is 0 Å². The number of hydrogen-bond donors (Lipinski definition) is 0. The molecule has 0 saturated heterocycles. The fraction of sp³-hybridized carbons (Fsp3) is 0.296. The van der Waals surface area contributed by atoms with Gasteiger partial charge < -0.3 is 4.74 Å². The fourth-order valence-electron chi connectivity index (χ4n) is 4.31. The van der Waals surface area contributed by atoms with Gasteiger partial charge in [-0.15, -0.1) is 0 Å². The third-order valence-corrected chi connectivity index (χ3v) is 5.69. The van der Waals surface area contributed by atoms with Crippen LogP contribution in [0.3, 0.4) is 0 Å². The van der Waals surface area contributed by atoms with Crippen molar-refractivity contribution in [2.24, 2.45) is 4.99 Å². The van der Waals surface area contributed by atoms with Gasteiger partial charge in [0.2, 0.25) is 0 Å². The van der Waals surface area contributed by atoms with Crippen molar-refractivity contribution in [2.45, 2.75) is 38.5 Å². The Morgan fingerprint density at radius 1 is 1.03 bits per heavy atom. The summed E-state index contributed by atoms with van der Waals surface area (Å²) in [6, 6.07) is 14.3. The third-order valence-electron chi connectivity index (χ3n) is 5.69. The van der Waals surface area contributed by atoms with Crippen molar-refractivity contribution >= 4 is 12.0 Å². The van der Waals surface area contributed by atoms with E-state index in [9.17, 15) is 4.79 Å². The van der Waals surface area contributed by atoms with Gasteiger partial charge in [0, 0.05) is 36.5 Å². The van der Waals surface area contributed by atoms with Crippen LogP contribution in [0.5, 0.6) is 0 Å². The molecule has 1 aromatic heterocycles. The number of carbonyl (C=O) groups is 1. The average molecular weight is 413 g/mol. The molecule has 4 heteroatoms. The minimum absolute atomic E-state index is 0.149. The summed E-state index contributed by atoms with van der Waals surface area (Å²) in [6.07, 6.45) is 15.1. The van der Waals surface area contributed by atoms with Gasteiger partial charge in [-0.1, -0.05) is 42.5 Å². The zero-order valence-corrected chi connectivity index (χ0v) is 17.8. The van der Waals surface area contributed by atoms with Gasteiger partial charge in [-0.2, -0.15) is 0 Å². The van der Waals surface area contributed by atoms with Crippen molar-refractivity contribution in [2.75, 3.05) is 13.2 Å². The number of aromatic nitrogens is 1. The van der Waals surface area contributed by atoms with Crippen molar-refractivity contribution in [1.82, 2.24) is 4.98 Å². The van der Waals surface area contributed by atoms with Crippen LogP contribution >= 0.6 is 0 Å². The molecule has 0 fully saturated rings. The summed E-state index contributed by atoms with van der Waals surface area (Å²) in [7, 11) is 0. The summed E-state index contributed by atoms with van der Waals surface area (Å²) >= 11 is 0. The highest BCUT2D eigenvalue weighted by molar-refractivity contribution is 6.12. The van der Waals surface area contributed by atoms with E-state index in [1.165, 1.54) is 16.7 Å². The third kappa shape index (κ3) is 5.26. The summed E-state index contributed by atoms with van der Waals surface area (Å²) in [5.74, 6) is 1.01. The Hall–Kier alpha value is -3.27. The number of fused-ring (bicyclic) bond motifs is 1. The number of pyridine rings is 1. The van der Waals surface area contributed by atoms with Crippen molar-refractivity contribution in [3.8, 4) is 0 Å². The lowest BCUT2D eigenvalue weighted by molar-refractivity contribution is -0.110.